The van der Waals surface area contributed by atoms with Crippen LogP contribution >= 0.6 is 11.6 Å². The van der Waals surface area contributed by atoms with Gasteiger partial charge in [-0.15, -0.1) is 0 Å². The summed E-state index contributed by atoms with van der Waals surface area (Å²) in [5, 5.41) is 2.69. The molecule has 0 amide bonds. The Hall–Kier alpha value is -0.940. The maximum atomic E-state index is 12.7. The number of hydrogen-bond acceptors (Lipinski definition) is 2. The van der Waals surface area contributed by atoms with E-state index >= 15 is 0 Å². The summed E-state index contributed by atoms with van der Waals surface area (Å²) in [5.74, 6) is 0. The van der Waals surface area contributed by atoms with Crippen molar-refractivity contribution < 1.29 is 17.9 Å². The zero-order valence-electron chi connectivity index (χ0n) is 11.4. The summed E-state index contributed by atoms with van der Waals surface area (Å²) < 4.78 is 44.0. The molecule has 0 radical (unpaired) electrons. The summed E-state index contributed by atoms with van der Waals surface area (Å²) in [6.45, 7) is 4.51. The lowest BCUT2D eigenvalue weighted by Gasteiger charge is -2.20. The fourth-order valence-corrected chi connectivity index (χ4v) is 2.53. The van der Waals surface area contributed by atoms with Crippen LogP contribution in [0.15, 0.2) is 18.2 Å². The van der Waals surface area contributed by atoms with E-state index in [2.05, 4.69) is 5.32 Å². The second-order valence-electron chi connectivity index (χ2n) is 5.61. The van der Waals surface area contributed by atoms with Crippen LogP contribution in [0.4, 0.5) is 18.9 Å². The zero-order valence-corrected chi connectivity index (χ0v) is 12.1. The minimum Gasteiger partial charge on any atom is -0.382 e. The minimum absolute atomic E-state index is 0.0232. The van der Waals surface area contributed by atoms with Gasteiger partial charge in [0.05, 0.1) is 22.3 Å². The Morgan fingerprint density at radius 3 is 2.65 bits per heavy atom. The van der Waals surface area contributed by atoms with Crippen LogP contribution in [-0.2, 0) is 10.9 Å². The van der Waals surface area contributed by atoms with Crippen molar-refractivity contribution in [2.24, 2.45) is 0 Å². The molecular formula is C14H17ClF3NO. The smallest absolute Gasteiger partial charge is 0.382 e. The first kappa shape index (κ1) is 15.4. The molecule has 1 N–H and O–H groups in total. The van der Waals surface area contributed by atoms with Crippen molar-refractivity contribution in [3.05, 3.63) is 28.8 Å². The third-order valence-electron chi connectivity index (χ3n) is 3.36. The molecule has 1 fully saturated rings. The Kier molecular flexibility index (Phi) is 4.21. The van der Waals surface area contributed by atoms with Crippen molar-refractivity contribution in [2.45, 2.75) is 44.6 Å². The van der Waals surface area contributed by atoms with Crippen LogP contribution in [0, 0.1) is 0 Å². The van der Waals surface area contributed by atoms with Crippen LogP contribution in [0.2, 0.25) is 5.02 Å². The highest BCUT2D eigenvalue weighted by Gasteiger charge is 2.34. The second-order valence-corrected chi connectivity index (χ2v) is 6.02. The lowest BCUT2D eigenvalue weighted by atomic mass is 10.1. The monoisotopic (exact) mass is 307 g/mol. The standard InChI is InChI=1S/C14H17ClF3NO/c1-13(2)6-5-10(20-13)8-19-9-3-4-12(15)11(7-9)14(16,17)18/h3-4,7,10,19H,5-6,8H2,1-2H3. The third-order valence-corrected chi connectivity index (χ3v) is 3.69. The Morgan fingerprint density at radius 2 is 2.10 bits per heavy atom. The number of halogens is 4. The molecule has 2 rings (SSSR count). The van der Waals surface area contributed by atoms with Gasteiger partial charge in [0.15, 0.2) is 0 Å². The minimum atomic E-state index is -4.44. The van der Waals surface area contributed by atoms with Crippen LogP contribution in [0.3, 0.4) is 0 Å². The lowest BCUT2D eigenvalue weighted by Crippen LogP contribution is -2.24. The molecule has 1 atom stereocenters. The first-order valence-electron chi connectivity index (χ1n) is 6.46. The van der Waals surface area contributed by atoms with Crippen LogP contribution in [-0.4, -0.2) is 18.2 Å². The van der Waals surface area contributed by atoms with Crippen LogP contribution < -0.4 is 5.32 Å². The number of rotatable bonds is 3. The zero-order chi connectivity index (χ0) is 15.0. The molecule has 6 heteroatoms. The van der Waals surface area contributed by atoms with Crippen molar-refractivity contribution in [1.29, 1.82) is 0 Å². The molecule has 2 nitrogen and oxygen atoms in total. The van der Waals surface area contributed by atoms with Crippen LogP contribution in [0.1, 0.15) is 32.3 Å². The molecule has 112 valence electrons. The molecule has 1 aliphatic rings. The van der Waals surface area contributed by atoms with Gasteiger partial charge < -0.3 is 10.1 Å². The van der Waals surface area contributed by atoms with Crippen molar-refractivity contribution in [2.75, 3.05) is 11.9 Å². The summed E-state index contributed by atoms with van der Waals surface area (Å²) in [5.41, 5.74) is -0.574. The number of ether oxygens (including phenoxy) is 1. The number of anilines is 1. The summed E-state index contributed by atoms with van der Waals surface area (Å²) in [4.78, 5) is 0. The van der Waals surface area contributed by atoms with Gasteiger partial charge in [0.1, 0.15) is 0 Å². The summed E-state index contributed by atoms with van der Waals surface area (Å²) in [6, 6.07) is 3.83. The molecule has 0 spiro atoms. The number of nitrogens with one attached hydrogen (secondary N) is 1. The average Bonchev–Trinajstić information content (AvgIpc) is 2.66. The quantitative estimate of drug-likeness (QED) is 0.871. The van der Waals surface area contributed by atoms with Gasteiger partial charge in [-0.25, -0.2) is 0 Å². The SMILES string of the molecule is CC1(C)CCC(CNc2ccc(Cl)c(C(F)(F)F)c2)O1. The predicted molar refractivity (Wildman–Crippen MR) is 73.1 cm³/mol. The van der Waals surface area contributed by atoms with Crippen molar-refractivity contribution >= 4 is 17.3 Å². The average molecular weight is 308 g/mol. The van der Waals surface area contributed by atoms with Gasteiger partial charge in [0.2, 0.25) is 0 Å². The Morgan fingerprint density at radius 1 is 1.40 bits per heavy atom. The third kappa shape index (κ3) is 3.79. The molecule has 0 aromatic heterocycles. The summed E-state index contributed by atoms with van der Waals surface area (Å²) in [6.07, 6.45) is -2.57. The highest BCUT2D eigenvalue weighted by molar-refractivity contribution is 6.31. The highest BCUT2D eigenvalue weighted by Crippen LogP contribution is 2.36. The predicted octanol–water partition coefficient (Wildman–Crippen LogP) is 4.73. The van der Waals surface area contributed by atoms with E-state index in [1.807, 2.05) is 13.8 Å². The van der Waals surface area contributed by atoms with Crippen LogP contribution in [0.25, 0.3) is 0 Å². The number of benzene rings is 1. The van der Waals surface area contributed by atoms with Gasteiger partial charge in [-0.3, -0.25) is 0 Å². The Balaban J connectivity index is 2.01. The molecule has 1 heterocycles. The van der Waals surface area contributed by atoms with Crippen molar-refractivity contribution in [3.63, 3.8) is 0 Å². The van der Waals surface area contributed by atoms with Gasteiger partial charge >= 0.3 is 6.18 Å². The molecule has 0 aliphatic carbocycles. The maximum absolute atomic E-state index is 12.7. The van der Waals surface area contributed by atoms with Crippen molar-refractivity contribution in [3.8, 4) is 0 Å². The maximum Gasteiger partial charge on any atom is 0.417 e. The van der Waals surface area contributed by atoms with Gasteiger partial charge in [0, 0.05) is 12.2 Å². The largest absolute Gasteiger partial charge is 0.417 e. The van der Waals surface area contributed by atoms with E-state index in [1.165, 1.54) is 12.1 Å². The van der Waals surface area contributed by atoms with Gasteiger partial charge in [-0.05, 0) is 44.9 Å². The molecule has 1 aromatic carbocycles. The Labute approximate surface area is 121 Å². The van der Waals surface area contributed by atoms with E-state index in [9.17, 15) is 13.2 Å². The van der Waals surface area contributed by atoms with Crippen LogP contribution in [0.5, 0.6) is 0 Å². The molecule has 0 saturated carbocycles. The molecule has 20 heavy (non-hydrogen) atoms. The first-order chi connectivity index (χ1) is 9.17. The summed E-state index contributed by atoms with van der Waals surface area (Å²) >= 11 is 5.57. The fourth-order valence-electron chi connectivity index (χ4n) is 2.31. The highest BCUT2D eigenvalue weighted by atomic mass is 35.5. The van der Waals surface area contributed by atoms with Gasteiger partial charge in [-0.2, -0.15) is 13.2 Å². The number of alkyl halides is 3. The topological polar surface area (TPSA) is 21.3 Å². The molecule has 0 bridgehead atoms. The fraction of sp³-hybridized carbons (Fsp3) is 0.571. The van der Waals surface area contributed by atoms with E-state index < -0.39 is 11.7 Å². The molecule has 1 unspecified atom stereocenters. The summed E-state index contributed by atoms with van der Waals surface area (Å²) in [7, 11) is 0. The Bertz CT molecular complexity index is 488. The van der Waals surface area contributed by atoms with E-state index in [1.54, 1.807) is 0 Å². The second kappa shape index (κ2) is 5.45. The molecule has 1 aliphatic heterocycles. The normalized spacial score (nSPS) is 22.0. The van der Waals surface area contributed by atoms with E-state index in [0.717, 1.165) is 18.9 Å². The van der Waals surface area contributed by atoms with Gasteiger partial charge in [-0.1, -0.05) is 11.6 Å². The number of hydrogen-bond donors (Lipinski definition) is 1. The van der Waals surface area contributed by atoms with E-state index in [4.69, 9.17) is 16.3 Å². The van der Waals surface area contributed by atoms with Gasteiger partial charge in [0.25, 0.3) is 0 Å². The van der Waals surface area contributed by atoms with Crippen molar-refractivity contribution in [1.82, 2.24) is 0 Å². The first-order valence-corrected chi connectivity index (χ1v) is 6.84. The molecule has 1 saturated heterocycles. The van der Waals surface area contributed by atoms with E-state index in [0.29, 0.717) is 12.2 Å². The van der Waals surface area contributed by atoms with E-state index in [-0.39, 0.29) is 16.7 Å². The molecular weight excluding hydrogens is 291 g/mol. The lowest BCUT2D eigenvalue weighted by molar-refractivity contribution is -0.137. The molecule has 1 aromatic rings.